The average Bonchev–Trinajstić information content (AvgIpc) is 2.86. The number of benzene rings is 1. The first-order valence-corrected chi connectivity index (χ1v) is 6.42. The summed E-state index contributed by atoms with van der Waals surface area (Å²) in [6.07, 6.45) is 0.248. The highest BCUT2D eigenvalue weighted by Gasteiger charge is 2.15. The van der Waals surface area contributed by atoms with Crippen LogP contribution in [0.5, 0.6) is 11.5 Å². The van der Waals surface area contributed by atoms with Crippen LogP contribution in [0.15, 0.2) is 28.8 Å². The number of nitrogens with zero attached hydrogens (tertiary/aromatic N) is 1. The Labute approximate surface area is 121 Å². The van der Waals surface area contributed by atoms with Crippen molar-refractivity contribution >= 4 is 5.91 Å². The molecule has 0 saturated carbocycles. The molecule has 1 atom stereocenters. The molecular weight excluding hydrogens is 274 g/mol. The van der Waals surface area contributed by atoms with Gasteiger partial charge in [-0.2, -0.15) is 0 Å². The largest absolute Gasteiger partial charge is 0.504 e. The Morgan fingerprint density at radius 3 is 2.76 bits per heavy atom. The number of aromatic hydroxyl groups is 2. The summed E-state index contributed by atoms with van der Waals surface area (Å²) in [5, 5.41) is 25.0. The zero-order valence-electron chi connectivity index (χ0n) is 11.5. The number of amides is 1. The quantitative estimate of drug-likeness (QED) is 0.598. The summed E-state index contributed by atoms with van der Waals surface area (Å²) >= 11 is 0. The van der Waals surface area contributed by atoms with Crippen molar-refractivity contribution in [3.8, 4) is 11.5 Å². The van der Waals surface area contributed by atoms with Crippen LogP contribution >= 0.6 is 0 Å². The number of aromatic nitrogens is 1. The number of carbonyl (C=O) groups excluding carboxylic acids is 1. The van der Waals surface area contributed by atoms with E-state index < -0.39 is 6.04 Å². The molecule has 0 aliphatic heterocycles. The Morgan fingerprint density at radius 1 is 1.38 bits per heavy atom. The Kier molecular flexibility index (Phi) is 4.44. The topological polar surface area (TPSA) is 122 Å². The third-order valence-corrected chi connectivity index (χ3v) is 2.95. The number of phenols is 2. The lowest BCUT2D eigenvalue weighted by Crippen LogP contribution is -2.41. The third kappa shape index (κ3) is 3.96. The number of nitrogens with one attached hydrogen (secondary N) is 1. The summed E-state index contributed by atoms with van der Waals surface area (Å²) < 4.78 is 4.89. The van der Waals surface area contributed by atoms with Gasteiger partial charge in [0.1, 0.15) is 11.5 Å². The second-order valence-corrected chi connectivity index (χ2v) is 4.78. The predicted octanol–water partition coefficient (Wildman–Crippen LogP) is 0.580. The summed E-state index contributed by atoms with van der Waals surface area (Å²) in [5.74, 6) is -0.109. The fraction of sp³-hybridized carbons (Fsp3) is 0.286. The number of aryl methyl sites for hydroxylation is 1. The molecule has 1 amide bonds. The van der Waals surface area contributed by atoms with E-state index in [-0.39, 0.29) is 30.4 Å². The van der Waals surface area contributed by atoms with Gasteiger partial charge < -0.3 is 25.8 Å². The van der Waals surface area contributed by atoms with E-state index in [1.807, 2.05) is 0 Å². The van der Waals surface area contributed by atoms with Crippen LogP contribution in [-0.4, -0.2) is 27.3 Å². The van der Waals surface area contributed by atoms with Crippen molar-refractivity contribution in [3.63, 3.8) is 0 Å². The van der Waals surface area contributed by atoms with Gasteiger partial charge in [0.25, 0.3) is 0 Å². The molecule has 0 saturated heterocycles. The number of hydrogen-bond acceptors (Lipinski definition) is 6. The zero-order chi connectivity index (χ0) is 15.4. The highest BCUT2D eigenvalue weighted by atomic mass is 16.5. The molecule has 0 bridgehead atoms. The molecule has 5 N–H and O–H groups in total. The first kappa shape index (κ1) is 14.9. The van der Waals surface area contributed by atoms with Gasteiger partial charge in [0, 0.05) is 6.07 Å². The number of rotatable bonds is 5. The van der Waals surface area contributed by atoms with Gasteiger partial charge >= 0.3 is 0 Å². The summed E-state index contributed by atoms with van der Waals surface area (Å²) in [7, 11) is 0. The molecule has 0 unspecified atom stereocenters. The molecule has 0 spiro atoms. The highest BCUT2D eigenvalue weighted by Crippen LogP contribution is 2.25. The summed E-state index contributed by atoms with van der Waals surface area (Å²) in [4.78, 5) is 11.9. The van der Waals surface area contributed by atoms with E-state index in [2.05, 4.69) is 10.5 Å². The standard InChI is InChI=1S/C14H17N3O4/c1-8-4-10(17-21-8)7-16-14(20)11(15)5-9-2-3-12(18)13(19)6-9/h2-4,6,11,18-19H,5,7,15H2,1H3,(H,16,20)/t11-/m0/s1. The Bertz CT molecular complexity index is 639. The van der Waals surface area contributed by atoms with Gasteiger partial charge in [-0.1, -0.05) is 11.2 Å². The lowest BCUT2D eigenvalue weighted by molar-refractivity contribution is -0.122. The maximum Gasteiger partial charge on any atom is 0.237 e. The van der Waals surface area contributed by atoms with Crippen molar-refractivity contribution in [2.45, 2.75) is 25.9 Å². The van der Waals surface area contributed by atoms with Crippen LogP contribution in [0.2, 0.25) is 0 Å². The van der Waals surface area contributed by atoms with E-state index in [4.69, 9.17) is 10.3 Å². The van der Waals surface area contributed by atoms with Crippen molar-refractivity contribution in [1.82, 2.24) is 10.5 Å². The molecule has 2 aromatic rings. The monoisotopic (exact) mass is 291 g/mol. The van der Waals surface area contributed by atoms with Crippen molar-refractivity contribution in [2.75, 3.05) is 0 Å². The SMILES string of the molecule is Cc1cc(CNC(=O)[C@@H](N)Cc2ccc(O)c(O)c2)no1. The summed E-state index contributed by atoms with van der Waals surface area (Å²) in [6.45, 7) is 2.01. The first-order valence-electron chi connectivity index (χ1n) is 6.42. The normalized spacial score (nSPS) is 12.1. The molecule has 1 aromatic heterocycles. The minimum atomic E-state index is -0.762. The number of carbonyl (C=O) groups is 1. The molecular formula is C14H17N3O4. The Hall–Kier alpha value is -2.54. The van der Waals surface area contributed by atoms with Crippen LogP contribution in [0.1, 0.15) is 17.0 Å². The van der Waals surface area contributed by atoms with Crippen molar-refractivity contribution in [1.29, 1.82) is 0 Å². The Morgan fingerprint density at radius 2 is 2.14 bits per heavy atom. The number of nitrogens with two attached hydrogens (primary N) is 1. The van der Waals surface area contributed by atoms with Gasteiger partial charge in [0.15, 0.2) is 11.5 Å². The minimum Gasteiger partial charge on any atom is -0.504 e. The lowest BCUT2D eigenvalue weighted by Gasteiger charge is -2.12. The van der Waals surface area contributed by atoms with Gasteiger partial charge in [-0.15, -0.1) is 0 Å². The molecule has 1 heterocycles. The second kappa shape index (κ2) is 6.27. The van der Waals surface area contributed by atoms with E-state index in [1.165, 1.54) is 12.1 Å². The fourth-order valence-electron chi connectivity index (χ4n) is 1.85. The Balaban J connectivity index is 1.88. The molecule has 2 rings (SSSR count). The molecule has 0 radical (unpaired) electrons. The summed E-state index contributed by atoms with van der Waals surface area (Å²) in [6, 6.07) is 5.30. The maximum absolute atomic E-state index is 11.9. The lowest BCUT2D eigenvalue weighted by atomic mass is 10.1. The second-order valence-electron chi connectivity index (χ2n) is 4.78. The number of hydrogen-bond donors (Lipinski definition) is 4. The molecule has 21 heavy (non-hydrogen) atoms. The van der Waals surface area contributed by atoms with Crippen LogP contribution in [-0.2, 0) is 17.8 Å². The van der Waals surface area contributed by atoms with E-state index >= 15 is 0 Å². The van der Waals surface area contributed by atoms with Gasteiger partial charge in [0.2, 0.25) is 5.91 Å². The average molecular weight is 291 g/mol. The first-order chi connectivity index (χ1) is 9.95. The van der Waals surface area contributed by atoms with Crippen LogP contribution in [0.25, 0.3) is 0 Å². The van der Waals surface area contributed by atoms with Crippen LogP contribution < -0.4 is 11.1 Å². The highest BCUT2D eigenvalue weighted by molar-refractivity contribution is 5.81. The van der Waals surface area contributed by atoms with Gasteiger partial charge in [-0.3, -0.25) is 4.79 Å². The molecule has 0 fully saturated rings. The van der Waals surface area contributed by atoms with Gasteiger partial charge in [0.05, 0.1) is 12.6 Å². The molecule has 7 nitrogen and oxygen atoms in total. The molecule has 112 valence electrons. The maximum atomic E-state index is 11.9. The number of phenolic OH excluding ortho intramolecular Hbond substituents is 2. The molecule has 0 aliphatic rings. The predicted molar refractivity (Wildman–Crippen MR) is 74.5 cm³/mol. The van der Waals surface area contributed by atoms with E-state index in [0.717, 1.165) is 0 Å². The fourth-order valence-corrected chi connectivity index (χ4v) is 1.85. The zero-order valence-corrected chi connectivity index (χ0v) is 11.5. The van der Waals surface area contributed by atoms with Crippen molar-refractivity contribution < 1.29 is 19.5 Å². The van der Waals surface area contributed by atoms with Crippen LogP contribution in [0.4, 0.5) is 0 Å². The molecule has 7 heteroatoms. The third-order valence-electron chi connectivity index (χ3n) is 2.95. The van der Waals surface area contributed by atoms with E-state index in [9.17, 15) is 15.0 Å². The van der Waals surface area contributed by atoms with Crippen molar-refractivity contribution in [3.05, 3.63) is 41.3 Å². The summed E-state index contributed by atoms with van der Waals surface area (Å²) in [5.41, 5.74) is 7.09. The van der Waals surface area contributed by atoms with Gasteiger partial charge in [-0.05, 0) is 31.0 Å². The van der Waals surface area contributed by atoms with E-state index in [1.54, 1.807) is 19.1 Å². The van der Waals surface area contributed by atoms with Crippen LogP contribution in [0.3, 0.4) is 0 Å². The van der Waals surface area contributed by atoms with Gasteiger partial charge in [-0.25, -0.2) is 0 Å². The smallest absolute Gasteiger partial charge is 0.237 e. The van der Waals surface area contributed by atoms with E-state index in [0.29, 0.717) is 17.0 Å². The molecule has 0 aliphatic carbocycles. The van der Waals surface area contributed by atoms with Crippen LogP contribution in [0, 0.1) is 6.92 Å². The van der Waals surface area contributed by atoms with Crippen molar-refractivity contribution in [2.24, 2.45) is 5.73 Å². The molecule has 1 aromatic carbocycles. The minimum absolute atomic E-state index is 0.210.